The molecule has 35 heavy (non-hydrogen) atoms. The average Bonchev–Trinajstić information content (AvgIpc) is 2.89. The molecule has 4 rings (SSSR count). The molecule has 1 heterocycles. The van der Waals surface area contributed by atoms with Crippen molar-refractivity contribution in [3.8, 4) is 22.9 Å². The fourth-order valence-electron chi connectivity index (χ4n) is 4.53. The molecule has 1 fully saturated rings. The van der Waals surface area contributed by atoms with Gasteiger partial charge in [-0.25, -0.2) is 0 Å². The van der Waals surface area contributed by atoms with Gasteiger partial charge < -0.3 is 9.84 Å². The summed E-state index contributed by atoms with van der Waals surface area (Å²) in [5.74, 6) is -0.867. The van der Waals surface area contributed by atoms with Crippen molar-refractivity contribution in [1.82, 2.24) is 4.90 Å². The number of hydrogen-bond donors (Lipinski definition) is 1. The Balaban J connectivity index is 1.76. The van der Waals surface area contributed by atoms with Crippen LogP contribution in [-0.2, 0) is 11.3 Å². The van der Waals surface area contributed by atoms with Crippen LogP contribution >= 0.6 is 11.6 Å². The van der Waals surface area contributed by atoms with Gasteiger partial charge in [0.05, 0.1) is 21.7 Å². The van der Waals surface area contributed by atoms with E-state index < -0.39 is 19.0 Å². The first-order valence-corrected chi connectivity index (χ1v) is 11.8. The number of rotatable bonds is 7. The molecule has 0 aliphatic carbocycles. The van der Waals surface area contributed by atoms with Crippen LogP contribution in [0.4, 0.5) is 0 Å². The zero-order valence-corrected chi connectivity index (χ0v) is 19.8. The molecule has 0 saturated carbocycles. The van der Waals surface area contributed by atoms with E-state index >= 15 is 0 Å². The first kappa shape index (κ1) is 20.8. The van der Waals surface area contributed by atoms with Crippen molar-refractivity contribution >= 4 is 29.7 Å². The summed E-state index contributed by atoms with van der Waals surface area (Å²) in [6.45, 7) is 0.947. The quantitative estimate of drug-likeness (QED) is 0.383. The van der Waals surface area contributed by atoms with Gasteiger partial charge in [0.15, 0.2) is 0 Å². The summed E-state index contributed by atoms with van der Waals surface area (Å²) in [6.07, 6.45) is 5.87. The topological polar surface area (TPSA) is 73.6 Å². The Bertz CT molecular complexity index is 1380. The number of likely N-dealkylation sites (tertiary alicyclic amines) is 1. The fourth-order valence-corrected chi connectivity index (χ4v) is 4.76. The van der Waals surface area contributed by atoms with E-state index in [1.807, 2.05) is 53.4 Å². The van der Waals surface area contributed by atoms with Crippen molar-refractivity contribution in [3.63, 3.8) is 0 Å². The molecule has 1 saturated heterocycles. The second kappa shape index (κ2) is 11.2. The van der Waals surface area contributed by atoms with E-state index in [2.05, 4.69) is 6.07 Å². The highest BCUT2D eigenvalue weighted by Gasteiger charge is 2.28. The number of nitriles is 1. The van der Waals surface area contributed by atoms with Crippen LogP contribution in [0.15, 0.2) is 60.7 Å². The number of benzene rings is 3. The predicted molar refractivity (Wildman–Crippen MR) is 139 cm³/mol. The molecule has 6 heteroatoms. The summed E-state index contributed by atoms with van der Waals surface area (Å²) >= 11 is 6.40. The lowest BCUT2D eigenvalue weighted by Gasteiger charge is -2.33. The summed E-state index contributed by atoms with van der Waals surface area (Å²) < 4.78 is 27.6. The third-order valence-corrected chi connectivity index (χ3v) is 6.61. The molecule has 3 aromatic rings. The molecule has 5 nitrogen and oxygen atoms in total. The molecule has 0 aromatic heterocycles. The summed E-state index contributed by atoms with van der Waals surface area (Å²) in [7, 11) is -2.69. The van der Waals surface area contributed by atoms with E-state index in [-0.39, 0.29) is 10.8 Å². The van der Waals surface area contributed by atoms with Gasteiger partial charge in [0.25, 0.3) is 0 Å². The number of hydrogen-bond acceptors (Lipinski definition) is 4. The molecule has 1 aliphatic heterocycles. The minimum absolute atomic E-state index is 0.00189. The van der Waals surface area contributed by atoms with E-state index in [4.69, 9.17) is 20.5 Å². The largest absolute Gasteiger partial charge is 0.495 e. The summed E-state index contributed by atoms with van der Waals surface area (Å²) in [5, 5.41) is 19.8. The number of carboxylic acids is 1. The maximum Gasteiger partial charge on any atom is 0.320 e. The van der Waals surface area contributed by atoms with Crippen LogP contribution in [-0.4, -0.2) is 35.6 Å². The second-order valence-corrected chi connectivity index (χ2v) is 8.89. The van der Waals surface area contributed by atoms with E-state index in [1.54, 1.807) is 24.3 Å². The highest BCUT2D eigenvalue weighted by molar-refractivity contribution is 6.32. The minimum Gasteiger partial charge on any atom is -0.495 e. The number of carboxylic acid groups (broad SMARTS) is 1. The number of methoxy groups -OCH3 is 1. The van der Waals surface area contributed by atoms with Gasteiger partial charge in [-0.2, -0.15) is 5.26 Å². The Morgan fingerprint density at radius 1 is 1.20 bits per heavy atom. The molecule has 1 aliphatic rings. The lowest BCUT2D eigenvalue weighted by atomic mass is 9.95. The van der Waals surface area contributed by atoms with E-state index in [1.165, 1.54) is 0 Å². The Kier molecular flexibility index (Phi) is 6.66. The molecule has 1 atom stereocenters. The number of nitrogens with zero attached hydrogens (tertiary/aromatic N) is 2. The Morgan fingerprint density at radius 3 is 2.74 bits per heavy atom. The molecular weight excluding hydrogens is 460 g/mol. The molecular formula is C29H27ClN2O3. The lowest BCUT2D eigenvalue weighted by molar-refractivity contribution is -0.144. The number of carbonyl (C=O) groups is 1. The molecule has 3 aromatic carbocycles. The molecule has 178 valence electrons. The van der Waals surface area contributed by atoms with Crippen LogP contribution in [0.1, 0.15) is 45.6 Å². The van der Waals surface area contributed by atoms with Gasteiger partial charge in [0.2, 0.25) is 0 Å². The smallest absolute Gasteiger partial charge is 0.320 e. The Hall–Kier alpha value is -3.59. The van der Waals surface area contributed by atoms with Crippen molar-refractivity contribution < 1.29 is 18.8 Å². The summed E-state index contributed by atoms with van der Waals surface area (Å²) in [6, 6.07) is 20.1. The van der Waals surface area contributed by atoms with Gasteiger partial charge in [-0.15, -0.1) is 0 Å². The molecule has 1 N–H and O–H groups in total. The van der Waals surface area contributed by atoms with Gasteiger partial charge in [-0.05, 0) is 53.8 Å². The zero-order chi connectivity index (χ0) is 27.3. The van der Waals surface area contributed by atoms with E-state index in [0.29, 0.717) is 36.2 Å². The van der Waals surface area contributed by atoms with Gasteiger partial charge in [-0.3, -0.25) is 9.69 Å². The molecule has 0 radical (unpaired) electrons. The van der Waals surface area contributed by atoms with Gasteiger partial charge >= 0.3 is 5.97 Å². The van der Waals surface area contributed by atoms with Gasteiger partial charge in [0.1, 0.15) is 17.9 Å². The number of halogens is 1. The van der Waals surface area contributed by atoms with Crippen LogP contribution in [0.5, 0.6) is 5.75 Å². The maximum absolute atomic E-state index is 11.9. The Morgan fingerprint density at radius 2 is 2.00 bits per heavy atom. The highest BCUT2D eigenvalue weighted by atomic mass is 35.5. The number of piperidine rings is 1. The molecule has 0 spiro atoms. The first-order chi connectivity index (χ1) is 18.2. The zero-order valence-electron chi connectivity index (χ0n) is 22.1. The molecule has 0 bridgehead atoms. The van der Waals surface area contributed by atoms with Gasteiger partial charge in [-0.1, -0.05) is 78.7 Å². The lowest BCUT2D eigenvalue weighted by Crippen LogP contribution is -2.44. The van der Waals surface area contributed by atoms with Crippen LogP contribution in [0.3, 0.4) is 0 Å². The summed E-state index contributed by atoms with van der Waals surface area (Å²) in [5.41, 5.74) is 4.27. The predicted octanol–water partition coefficient (Wildman–Crippen LogP) is 6.50. The van der Waals surface area contributed by atoms with Crippen LogP contribution in [0.25, 0.3) is 23.3 Å². The summed E-state index contributed by atoms with van der Waals surface area (Å²) in [4.78, 5) is 13.8. The average molecular weight is 490 g/mol. The normalized spacial score (nSPS) is 17.8. The maximum atomic E-state index is 11.9. The molecule has 0 unspecified atom stereocenters. The standard InChI is InChI=1S/C29H27ClN2O3/c1-35-28-17-22(23(16-26(28)30)19-32-15-6-5-12-27(32)29(33)34)14-13-21-10-7-11-24(25(21)18-31)20-8-3-2-4-9-20/h2-4,7-11,13-14,16-17,27H,5-6,12,15,19H2,1H3,(H,33,34)/b14-13+/t27-/m0/s1/i1D3. The van der Waals surface area contributed by atoms with E-state index in [0.717, 1.165) is 29.5 Å². The first-order valence-electron chi connectivity index (χ1n) is 12.9. The highest BCUT2D eigenvalue weighted by Crippen LogP contribution is 2.32. The second-order valence-electron chi connectivity index (χ2n) is 8.48. The van der Waals surface area contributed by atoms with Crippen LogP contribution in [0, 0.1) is 11.3 Å². The van der Waals surface area contributed by atoms with Crippen LogP contribution in [0.2, 0.25) is 5.02 Å². The Labute approximate surface area is 215 Å². The van der Waals surface area contributed by atoms with E-state index in [9.17, 15) is 15.2 Å². The third kappa shape index (κ3) is 5.57. The monoisotopic (exact) mass is 489 g/mol. The van der Waals surface area contributed by atoms with Gasteiger partial charge in [0, 0.05) is 12.1 Å². The van der Waals surface area contributed by atoms with Crippen molar-refractivity contribution in [2.24, 2.45) is 0 Å². The van der Waals surface area contributed by atoms with Crippen molar-refractivity contribution in [1.29, 1.82) is 5.26 Å². The SMILES string of the molecule is [2H]C([2H])([2H])Oc1cc(/C=C/c2cccc(-c3ccccc3)c2C#N)c(CN2CCCC[C@H]2C(=O)O)cc1Cl. The number of ether oxygens (including phenoxy) is 1. The van der Waals surface area contributed by atoms with Crippen LogP contribution < -0.4 is 4.74 Å². The molecule has 0 amide bonds. The van der Waals surface area contributed by atoms with Crippen molar-refractivity contribution in [2.45, 2.75) is 31.8 Å². The third-order valence-electron chi connectivity index (χ3n) is 6.31. The minimum atomic E-state index is -2.69. The van der Waals surface area contributed by atoms with Crippen molar-refractivity contribution in [2.75, 3.05) is 13.6 Å². The number of aliphatic carboxylic acids is 1. The van der Waals surface area contributed by atoms with Crippen molar-refractivity contribution in [3.05, 3.63) is 87.9 Å². The fraction of sp³-hybridized carbons (Fsp3) is 0.241.